The van der Waals surface area contributed by atoms with E-state index in [1.54, 1.807) is 18.2 Å². The maximum atomic E-state index is 14.1. The van der Waals surface area contributed by atoms with Crippen LogP contribution in [0.4, 0.5) is 19.0 Å². The van der Waals surface area contributed by atoms with E-state index in [1.807, 2.05) is 0 Å². The van der Waals surface area contributed by atoms with Gasteiger partial charge in [-0.3, -0.25) is 24.2 Å². The number of methoxy groups -OCH3 is 1. The zero-order valence-corrected chi connectivity index (χ0v) is 25.3. The van der Waals surface area contributed by atoms with E-state index in [1.165, 1.54) is 26.3 Å². The molecule has 14 heteroatoms. The SMILES string of the molecule is COc1cccc(O)c1[C@H]1C2=CC[C@@H]3C(=O)N(N(C)c4nc(C(F)(F)F)ccc4Cl)C(=O)[C@@H]3[C@@H]2CC2=C1C(=O)C=C(Br)C2=O. The van der Waals surface area contributed by atoms with Crippen LogP contribution in [0.25, 0.3) is 0 Å². The number of hydrazine groups is 1. The number of phenols is 1. The van der Waals surface area contributed by atoms with Crippen LogP contribution in [0.2, 0.25) is 5.02 Å². The predicted octanol–water partition coefficient (Wildman–Crippen LogP) is 5.28. The van der Waals surface area contributed by atoms with Crippen molar-refractivity contribution in [2.75, 3.05) is 19.2 Å². The van der Waals surface area contributed by atoms with Gasteiger partial charge in [0.2, 0.25) is 0 Å². The lowest BCUT2D eigenvalue weighted by Crippen LogP contribution is -2.46. The van der Waals surface area contributed by atoms with E-state index in [0.717, 1.165) is 16.1 Å². The molecule has 2 aromatic rings. The van der Waals surface area contributed by atoms with Crippen molar-refractivity contribution in [2.24, 2.45) is 17.8 Å². The first kappa shape index (κ1) is 30.1. The second-order valence-electron chi connectivity index (χ2n) is 10.8. The van der Waals surface area contributed by atoms with Crippen LogP contribution >= 0.6 is 27.5 Å². The number of halogens is 5. The summed E-state index contributed by atoms with van der Waals surface area (Å²) in [4.78, 5) is 58.2. The van der Waals surface area contributed by atoms with Gasteiger partial charge < -0.3 is 9.84 Å². The third-order valence-electron chi connectivity index (χ3n) is 8.58. The molecule has 2 amide bonds. The van der Waals surface area contributed by atoms with Crippen LogP contribution < -0.4 is 9.75 Å². The summed E-state index contributed by atoms with van der Waals surface area (Å²) in [5.74, 6) is -6.38. The molecule has 0 saturated carbocycles. The van der Waals surface area contributed by atoms with Gasteiger partial charge in [0.05, 0.1) is 28.5 Å². The van der Waals surface area contributed by atoms with Crippen LogP contribution in [0.5, 0.6) is 11.5 Å². The van der Waals surface area contributed by atoms with E-state index in [0.29, 0.717) is 11.6 Å². The lowest BCUT2D eigenvalue weighted by Gasteiger charge is -2.42. The summed E-state index contributed by atoms with van der Waals surface area (Å²) in [6.45, 7) is 0. The van der Waals surface area contributed by atoms with Crippen molar-refractivity contribution in [1.29, 1.82) is 0 Å². The number of pyridine rings is 1. The Hall–Kier alpha value is -3.97. The fraction of sp³-hybridized carbons (Fsp3) is 0.300. The van der Waals surface area contributed by atoms with Crippen LogP contribution in [-0.4, -0.2) is 52.6 Å². The molecule has 9 nitrogen and oxygen atoms in total. The van der Waals surface area contributed by atoms with E-state index >= 15 is 0 Å². The van der Waals surface area contributed by atoms with Crippen LogP contribution in [0, 0.1) is 17.8 Å². The van der Waals surface area contributed by atoms with Gasteiger partial charge in [0, 0.05) is 35.8 Å². The fourth-order valence-corrected chi connectivity index (χ4v) is 7.40. The van der Waals surface area contributed by atoms with E-state index in [2.05, 4.69) is 20.9 Å². The summed E-state index contributed by atoms with van der Waals surface area (Å²) in [7, 11) is 2.61. The third-order valence-corrected chi connectivity index (χ3v) is 9.47. The lowest BCUT2D eigenvalue weighted by atomic mass is 9.59. The van der Waals surface area contributed by atoms with Crippen molar-refractivity contribution in [3.05, 3.63) is 80.0 Å². The highest BCUT2D eigenvalue weighted by Crippen LogP contribution is 2.57. The lowest BCUT2D eigenvalue weighted by molar-refractivity contribution is -0.141. The molecule has 1 fully saturated rings. The van der Waals surface area contributed by atoms with Gasteiger partial charge in [-0.2, -0.15) is 18.2 Å². The van der Waals surface area contributed by atoms with Crippen molar-refractivity contribution in [1.82, 2.24) is 9.99 Å². The number of nitrogens with zero attached hydrogens (tertiary/aromatic N) is 3. The maximum absolute atomic E-state index is 14.1. The van der Waals surface area contributed by atoms with Crippen molar-refractivity contribution in [3.63, 3.8) is 0 Å². The van der Waals surface area contributed by atoms with E-state index in [-0.39, 0.29) is 50.6 Å². The molecule has 1 aromatic carbocycles. The number of aromatic hydroxyl groups is 1. The largest absolute Gasteiger partial charge is 0.507 e. The minimum absolute atomic E-state index is 0.0319. The molecular weight excluding hydrogens is 671 g/mol. The average molecular weight is 693 g/mol. The number of fused-ring (bicyclic) bond motifs is 3. The zero-order chi connectivity index (χ0) is 31.8. The van der Waals surface area contributed by atoms with E-state index in [4.69, 9.17) is 16.3 Å². The first-order chi connectivity index (χ1) is 20.8. The highest BCUT2D eigenvalue weighted by Gasteiger charge is 2.58. The van der Waals surface area contributed by atoms with Crippen LogP contribution in [0.15, 0.2) is 63.7 Å². The number of imide groups is 1. The fourth-order valence-electron chi connectivity index (χ4n) is 6.73. The second kappa shape index (κ2) is 10.6. The molecule has 1 saturated heterocycles. The maximum Gasteiger partial charge on any atom is 0.433 e. The van der Waals surface area contributed by atoms with Crippen LogP contribution in [0.3, 0.4) is 0 Å². The molecule has 0 bridgehead atoms. The van der Waals surface area contributed by atoms with Gasteiger partial charge in [0.15, 0.2) is 17.4 Å². The molecule has 4 atom stereocenters. The number of carbonyl (C=O) groups is 4. The van der Waals surface area contributed by atoms with E-state index in [9.17, 15) is 37.5 Å². The Morgan fingerprint density at radius 2 is 1.84 bits per heavy atom. The number of alkyl halides is 3. The van der Waals surface area contributed by atoms with Gasteiger partial charge in [-0.1, -0.05) is 29.3 Å². The van der Waals surface area contributed by atoms with Crippen LogP contribution in [-0.2, 0) is 25.4 Å². The highest BCUT2D eigenvalue weighted by atomic mass is 79.9. The quantitative estimate of drug-likeness (QED) is 0.262. The first-order valence-corrected chi connectivity index (χ1v) is 14.5. The summed E-state index contributed by atoms with van der Waals surface area (Å²) in [6, 6.07) is 6.25. The molecule has 0 unspecified atom stereocenters. The summed E-state index contributed by atoms with van der Waals surface area (Å²) < 4.78 is 45.9. The Balaban J connectivity index is 1.46. The molecule has 0 radical (unpaired) electrons. The molecule has 44 heavy (non-hydrogen) atoms. The molecule has 1 aromatic heterocycles. The Kier molecular flexibility index (Phi) is 7.23. The van der Waals surface area contributed by atoms with Crippen LogP contribution in [0.1, 0.15) is 30.0 Å². The minimum atomic E-state index is -4.80. The number of Topliss-reactive ketones (excluding diaryl/α,β-unsaturated/α-hetero) is 1. The topological polar surface area (TPSA) is 117 Å². The molecule has 2 heterocycles. The number of phenolic OH excluding ortho intramolecular Hbond substituents is 1. The van der Waals surface area contributed by atoms with Gasteiger partial charge in [-0.15, -0.1) is 0 Å². The van der Waals surface area contributed by atoms with Crippen molar-refractivity contribution < 1.29 is 42.2 Å². The van der Waals surface area contributed by atoms with Gasteiger partial charge in [0.25, 0.3) is 11.8 Å². The summed E-state index contributed by atoms with van der Waals surface area (Å²) in [5, 5.41) is 12.4. The molecule has 4 aliphatic rings. The number of aromatic nitrogens is 1. The number of benzene rings is 1. The van der Waals surface area contributed by atoms with Gasteiger partial charge in [-0.05, 0) is 59.0 Å². The Labute approximate surface area is 261 Å². The number of rotatable bonds is 4. The zero-order valence-electron chi connectivity index (χ0n) is 23.0. The molecule has 1 N–H and O–H groups in total. The number of anilines is 1. The predicted molar refractivity (Wildman–Crippen MR) is 154 cm³/mol. The summed E-state index contributed by atoms with van der Waals surface area (Å²) in [5.41, 5.74) is -0.190. The first-order valence-electron chi connectivity index (χ1n) is 13.4. The number of carbonyl (C=O) groups excluding carboxylic acids is 4. The Morgan fingerprint density at radius 1 is 1.11 bits per heavy atom. The van der Waals surface area contributed by atoms with Crippen molar-refractivity contribution >= 4 is 56.7 Å². The Morgan fingerprint density at radius 3 is 2.52 bits per heavy atom. The van der Waals surface area contributed by atoms with Gasteiger partial charge >= 0.3 is 6.18 Å². The van der Waals surface area contributed by atoms with Gasteiger partial charge in [0.1, 0.15) is 17.2 Å². The summed E-state index contributed by atoms with van der Waals surface area (Å²) >= 11 is 9.33. The molecule has 6 rings (SSSR count). The standard InChI is InChI=1S/C30H22BrClF3N3O6/c1-37(27-17(32)8-9-21(36-27)30(33,34)35)38-28(42)13-7-6-12-14(22(13)29(38)43)10-15-23(19(40)11-16(31)26(15)41)24(12)25-18(39)4-3-5-20(25)44-2/h3-6,8-9,11,13-14,22,24,39H,7,10H2,1-2H3/t13-,14+,22-,24-/m0/s1. The average Bonchev–Trinajstić information content (AvgIpc) is 3.23. The summed E-state index contributed by atoms with van der Waals surface area (Å²) in [6.07, 6.45) is -1.89. The molecule has 1 aliphatic heterocycles. The smallest absolute Gasteiger partial charge is 0.433 e. The number of allylic oxidation sites excluding steroid dienone is 6. The second-order valence-corrected chi connectivity index (χ2v) is 12.1. The molecule has 0 spiro atoms. The van der Waals surface area contributed by atoms with Crippen molar-refractivity contribution in [2.45, 2.75) is 24.9 Å². The number of ketones is 2. The molecule has 228 valence electrons. The normalized spacial score (nSPS) is 24.9. The highest BCUT2D eigenvalue weighted by molar-refractivity contribution is 9.12. The molecule has 3 aliphatic carbocycles. The third kappa shape index (κ3) is 4.47. The number of amides is 2. The Bertz CT molecular complexity index is 1770. The number of hydrogen-bond acceptors (Lipinski definition) is 8. The number of hydrogen-bond donors (Lipinski definition) is 1. The van der Waals surface area contributed by atoms with Gasteiger partial charge in [-0.25, -0.2) is 4.98 Å². The number of ether oxygens (including phenoxy) is 1. The van der Waals surface area contributed by atoms with Crippen molar-refractivity contribution in [3.8, 4) is 11.5 Å². The monoisotopic (exact) mass is 691 g/mol. The van der Waals surface area contributed by atoms with E-state index < -0.39 is 64.7 Å². The molecular formula is C30H22BrClF3N3O6. The minimum Gasteiger partial charge on any atom is -0.507 e.